The van der Waals surface area contributed by atoms with E-state index >= 15 is 0 Å². The van der Waals surface area contributed by atoms with Crippen LogP contribution in [0.25, 0.3) is 11.3 Å². The summed E-state index contributed by atoms with van der Waals surface area (Å²) in [6.07, 6.45) is 1.99. The molecule has 0 spiro atoms. The molecule has 0 aliphatic carbocycles. The van der Waals surface area contributed by atoms with Crippen LogP contribution < -0.4 is 16.0 Å². The number of likely N-dealkylation sites (tertiary alicyclic amines) is 1. The van der Waals surface area contributed by atoms with Crippen LogP contribution in [0.3, 0.4) is 0 Å². The van der Waals surface area contributed by atoms with Gasteiger partial charge in [0.2, 0.25) is 0 Å². The number of aromatic carboxylic acids is 1. The molecule has 2 amide bonds. The molecule has 1 saturated heterocycles. The van der Waals surface area contributed by atoms with E-state index in [2.05, 4.69) is 20.9 Å². The first kappa shape index (κ1) is 28.1. The Hall–Kier alpha value is -4.47. The van der Waals surface area contributed by atoms with Crippen molar-refractivity contribution >= 4 is 40.4 Å². The van der Waals surface area contributed by atoms with E-state index in [1.807, 2.05) is 30.3 Å². The third-order valence-electron chi connectivity index (χ3n) is 7.74. The zero-order valence-electron chi connectivity index (χ0n) is 22.9. The fourth-order valence-corrected chi connectivity index (χ4v) is 5.43. The number of aryl methyl sites for hydroxylation is 1. The summed E-state index contributed by atoms with van der Waals surface area (Å²) in [6.45, 7) is 5.07. The van der Waals surface area contributed by atoms with Crippen molar-refractivity contribution in [2.45, 2.75) is 19.8 Å². The maximum atomic E-state index is 13.2. The van der Waals surface area contributed by atoms with E-state index in [0.717, 1.165) is 31.5 Å². The summed E-state index contributed by atoms with van der Waals surface area (Å²) in [5, 5.41) is 27.9. The second-order valence-corrected chi connectivity index (χ2v) is 10.5. The number of aliphatic hydroxyl groups is 1. The molecule has 212 valence electrons. The van der Waals surface area contributed by atoms with Crippen LogP contribution in [-0.2, 0) is 4.79 Å². The lowest BCUT2D eigenvalue weighted by molar-refractivity contribution is -0.110. The van der Waals surface area contributed by atoms with Crippen LogP contribution in [0.2, 0.25) is 0 Å². The number of carboxylic acid groups (broad SMARTS) is 1. The van der Waals surface area contributed by atoms with Crippen LogP contribution in [0.15, 0.2) is 66.7 Å². The molecular weight excluding hydrogens is 520 g/mol. The third kappa shape index (κ3) is 6.32. The monoisotopic (exact) mass is 554 g/mol. The second-order valence-electron chi connectivity index (χ2n) is 10.5. The number of piperidine rings is 1. The SMILES string of the molecule is Cc1cc2c(cc1C(=O)O)NC(=O)C2=C(Nc1ccc(C(=O)NCC2CCN(CCO)CC2)cc1)c1ccccc1. The smallest absolute Gasteiger partial charge is 0.336 e. The number of β-amino-alcohol motifs (C(OH)–C–C–N with tert-alkyl or cyclic N) is 1. The zero-order chi connectivity index (χ0) is 28.9. The molecule has 41 heavy (non-hydrogen) atoms. The summed E-state index contributed by atoms with van der Waals surface area (Å²) in [6, 6.07) is 19.8. The number of hydrogen-bond donors (Lipinski definition) is 5. The van der Waals surface area contributed by atoms with E-state index in [1.165, 1.54) is 6.07 Å². The minimum absolute atomic E-state index is 0.134. The Bertz CT molecular complexity index is 1480. The fourth-order valence-electron chi connectivity index (χ4n) is 5.43. The highest BCUT2D eigenvalue weighted by Crippen LogP contribution is 2.39. The maximum Gasteiger partial charge on any atom is 0.336 e. The highest BCUT2D eigenvalue weighted by molar-refractivity contribution is 6.37. The van der Waals surface area contributed by atoms with Crippen molar-refractivity contribution in [1.29, 1.82) is 0 Å². The first-order valence-electron chi connectivity index (χ1n) is 13.8. The summed E-state index contributed by atoms with van der Waals surface area (Å²) in [5.74, 6) is -1.09. The molecule has 0 aromatic heterocycles. The molecule has 9 nitrogen and oxygen atoms in total. The zero-order valence-corrected chi connectivity index (χ0v) is 22.9. The third-order valence-corrected chi connectivity index (χ3v) is 7.74. The Morgan fingerprint density at radius 2 is 1.71 bits per heavy atom. The largest absolute Gasteiger partial charge is 0.478 e. The van der Waals surface area contributed by atoms with Gasteiger partial charge in [-0.1, -0.05) is 30.3 Å². The van der Waals surface area contributed by atoms with E-state index in [-0.39, 0.29) is 24.0 Å². The predicted molar refractivity (Wildman–Crippen MR) is 159 cm³/mol. The normalized spacial score (nSPS) is 16.6. The summed E-state index contributed by atoms with van der Waals surface area (Å²) in [5.41, 5.74) is 4.80. The van der Waals surface area contributed by atoms with Gasteiger partial charge in [-0.3, -0.25) is 9.59 Å². The molecule has 2 heterocycles. The van der Waals surface area contributed by atoms with Gasteiger partial charge in [-0.05, 0) is 86.3 Å². The van der Waals surface area contributed by atoms with Crippen LogP contribution in [0, 0.1) is 12.8 Å². The molecule has 2 aliphatic rings. The summed E-state index contributed by atoms with van der Waals surface area (Å²) in [4.78, 5) is 39.9. The predicted octanol–water partition coefficient (Wildman–Crippen LogP) is 4.06. The number of fused-ring (bicyclic) bond motifs is 1. The first-order valence-corrected chi connectivity index (χ1v) is 13.8. The molecule has 5 rings (SSSR count). The van der Waals surface area contributed by atoms with Crippen molar-refractivity contribution in [3.05, 3.63) is 94.5 Å². The lowest BCUT2D eigenvalue weighted by Gasteiger charge is -2.31. The van der Waals surface area contributed by atoms with Crippen molar-refractivity contribution in [2.75, 3.05) is 43.4 Å². The Labute approximate surface area is 238 Å². The minimum atomic E-state index is -1.05. The summed E-state index contributed by atoms with van der Waals surface area (Å²) < 4.78 is 0. The topological polar surface area (TPSA) is 131 Å². The molecule has 5 N–H and O–H groups in total. The van der Waals surface area contributed by atoms with Gasteiger partial charge in [0.15, 0.2) is 0 Å². The number of carbonyl (C=O) groups excluding carboxylic acids is 2. The van der Waals surface area contributed by atoms with Crippen LogP contribution in [-0.4, -0.2) is 65.7 Å². The number of benzene rings is 3. The Balaban J connectivity index is 1.35. The summed E-state index contributed by atoms with van der Waals surface area (Å²) in [7, 11) is 0. The average Bonchev–Trinajstić information content (AvgIpc) is 3.30. The average molecular weight is 555 g/mol. The molecule has 0 unspecified atom stereocenters. The minimum Gasteiger partial charge on any atom is -0.478 e. The van der Waals surface area contributed by atoms with Gasteiger partial charge in [0.25, 0.3) is 11.8 Å². The number of aliphatic hydroxyl groups excluding tert-OH is 1. The van der Waals surface area contributed by atoms with Gasteiger partial charge >= 0.3 is 5.97 Å². The number of carboxylic acids is 1. The standard InChI is InChI=1S/C32H34N4O5/c1-20-17-26-27(18-25(20)32(40)41)35-31(39)28(26)29(22-5-3-2-4-6-22)34-24-9-7-23(8-10-24)30(38)33-19-21-11-13-36(14-12-21)15-16-37/h2-10,17-18,21,34,37H,11-16,19H2,1H3,(H,33,38)(H,35,39)(H,40,41). The Morgan fingerprint density at radius 3 is 2.37 bits per heavy atom. The Morgan fingerprint density at radius 1 is 1.00 bits per heavy atom. The molecule has 0 bridgehead atoms. The molecule has 1 fully saturated rings. The first-order chi connectivity index (χ1) is 19.8. The van der Waals surface area contributed by atoms with Crippen LogP contribution >= 0.6 is 0 Å². The quantitative estimate of drug-likeness (QED) is 0.252. The molecule has 0 radical (unpaired) electrons. The molecule has 2 aliphatic heterocycles. The van der Waals surface area contributed by atoms with Crippen LogP contribution in [0.4, 0.5) is 11.4 Å². The molecule has 0 atom stereocenters. The molecule has 0 saturated carbocycles. The van der Waals surface area contributed by atoms with Crippen molar-refractivity contribution in [3.8, 4) is 0 Å². The van der Waals surface area contributed by atoms with E-state index in [4.69, 9.17) is 5.11 Å². The summed E-state index contributed by atoms with van der Waals surface area (Å²) >= 11 is 0. The van der Waals surface area contributed by atoms with Gasteiger partial charge in [-0.2, -0.15) is 0 Å². The van der Waals surface area contributed by atoms with Crippen molar-refractivity contribution < 1.29 is 24.6 Å². The van der Waals surface area contributed by atoms with Crippen molar-refractivity contribution in [1.82, 2.24) is 10.2 Å². The molecule has 9 heteroatoms. The van der Waals surface area contributed by atoms with Crippen molar-refractivity contribution in [2.24, 2.45) is 5.92 Å². The van der Waals surface area contributed by atoms with Gasteiger partial charge in [0.1, 0.15) is 0 Å². The van der Waals surface area contributed by atoms with Gasteiger partial charge in [-0.15, -0.1) is 0 Å². The van der Waals surface area contributed by atoms with E-state index in [9.17, 15) is 19.5 Å². The highest BCUT2D eigenvalue weighted by atomic mass is 16.4. The fraction of sp³-hybridized carbons (Fsp3) is 0.281. The highest BCUT2D eigenvalue weighted by Gasteiger charge is 2.30. The Kier molecular flexibility index (Phi) is 8.47. The molecule has 3 aromatic rings. The number of anilines is 2. The van der Waals surface area contributed by atoms with Crippen LogP contribution in [0.1, 0.15) is 50.2 Å². The van der Waals surface area contributed by atoms with Gasteiger partial charge < -0.3 is 31.1 Å². The maximum absolute atomic E-state index is 13.2. The number of hydrogen-bond acceptors (Lipinski definition) is 6. The number of nitrogens with zero attached hydrogens (tertiary/aromatic N) is 1. The lowest BCUT2D eigenvalue weighted by Crippen LogP contribution is -2.39. The van der Waals surface area contributed by atoms with Crippen LogP contribution in [0.5, 0.6) is 0 Å². The lowest BCUT2D eigenvalue weighted by atomic mass is 9.96. The number of amides is 2. The number of nitrogens with one attached hydrogen (secondary N) is 3. The van der Waals surface area contributed by atoms with Gasteiger partial charge in [0, 0.05) is 29.9 Å². The second kappa shape index (κ2) is 12.4. The molecular formula is C32H34N4O5. The number of carbonyl (C=O) groups is 3. The van der Waals surface area contributed by atoms with Crippen molar-refractivity contribution in [3.63, 3.8) is 0 Å². The van der Waals surface area contributed by atoms with Gasteiger partial charge in [0.05, 0.1) is 29.1 Å². The van der Waals surface area contributed by atoms with E-state index < -0.39 is 5.97 Å². The number of rotatable bonds is 9. The van der Waals surface area contributed by atoms with E-state index in [1.54, 1.807) is 37.3 Å². The molecule has 3 aromatic carbocycles. The van der Waals surface area contributed by atoms with E-state index in [0.29, 0.717) is 58.3 Å². The van der Waals surface area contributed by atoms with Gasteiger partial charge in [-0.25, -0.2) is 4.79 Å².